The predicted molar refractivity (Wildman–Crippen MR) is 88.3 cm³/mol. The highest BCUT2D eigenvalue weighted by Gasteiger charge is 2.12. The van der Waals surface area contributed by atoms with E-state index in [1.807, 2.05) is 0 Å². The van der Waals surface area contributed by atoms with Crippen LogP contribution in [-0.4, -0.2) is 38.8 Å². The lowest BCUT2D eigenvalue weighted by Crippen LogP contribution is -2.33. The Hall–Kier alpha value is -0.520. The summed E-state index contributed by atoms with van der Waals surface area (Å²) in [6, 6.07) is 8.65. The van der Waals surface area contributed by atoms with Crippen LogP contribution in [0.1, 0.15) is 25.3 Å². The fourth-order valence-electron chi connectivity index (χ4n) is 1.85. The Bertz CT molecular complexity index is 500. The Kier molecular flexibility index (Phi) is 7.62. The van der Waals surface area contributed by atoms with E-state index in [9.17, 15) is 8.42 Å². The Labute approximate surface area is 127 Å². The van der Waals surface area contributed by atoms with Crippen LogP contribution in [0.4, 0.5) is 0 Å². The van der Waals surface area contributed by atoms with Crippen molar-refractivity contribution in [3.63, 3.8) is 0 Å². The van der Waals surface area contributed by atoms with E-state index in [4.69, 9.17) is 0 Å². The first-order valence-electron chi connectivity index (χ1n) is 7.01. The third kappa shape index (κ3) is 7.92. The summed E-state index contributed by atoms with van der Waals surface area (Å²) in [5.74, 6) is 1.15. The summed E-state index contributed by atoms with van der Waals surface area (Å²) in [5, 5.41) is 3.44. The van der Waals surface area contributed by atoms with Crippen molar-refractivity contribution in [1.82, 2.24) is 5.32 Å². The monoisotopic (exact) mass is 315 g/mol. The average Bonchev–Trinajstić information content (AvgIpc) is 2.37. The molecule has 20 heavy (non-hydrogen) atoms. The van der Waals surface area contributed by atoms with Gasteiger partial charge in [0.1, 0.15) is 9.84 Å². The largest absolute Gasteiger partial charge is 0.313 e. The molecule has 1 rings (SSSR count). The third-order valence-electron chi connectivity index (χ3n) is 2.96. The zero-order chi connectivity index (χ0) is 15.0. The molecule has 0 radical (unpaired) electrons. The van der Waals surface area contributed by atoms with Crippen LogP contribution in [0.15, 0.2) is 29.2 Å². The standard InChI is InChI=1S/C15H25NO2S2/c1-4-9-16-14(8-10-20(3,17)18)12-19-15-7-5-6-13(2)11-15/h5-7,11,14,16H,4,8-10,12H2,1-3H3. The lowest BCUT2D eigenvalue weighted by Gasteiger charge is -2.17. The maximum atomic E-state index is 11.3. The number of hydrogen-bond acceptors (Lipinski definition) is 4. The van der Waals surface area contributed by atoms with Crippen LogP contribution in [0.5, 0.6) is 0 Å². The molecule has 0 spiro atoms. The molecule has 114 valence electrons. The number of thioether (sulfide) groups is 1. The van der Waals surface area contributed by atoms with Gasteiger partial charge in [0.15, 0.2) is 0 Å². The van der Waals surface area contributed by atoms with Crippen molar-refractivity contribution in [2.45, 2.75) is 37.6 Å². The first-order valence-corrected chi connectivity index (χ1v) is 10.1. The van der Waals surface area contributed by atoms with E-state index in [2.05, 4.69) is 43.4 Å². The van der Waals surface area contributed by atoms with E-state index in [0.717, 1.165) is 18.7 Å². The quantitative estimate of drug-likeness (QED) is 0.712. The molecule has 0 fully saturated rings. The van der Waals surface area contributed by atoms with Gasteiger partial charge >= 0.3 is 0 Å². The summed E-state index contributed by atoms with van der Waals surface area (Å²) in [6.45, 7) is 5.14. The fourth-order valence-corrected chi connectivity index (χ4v) is 3.69. The molecular weight excluding hydrogens is 290 g/mol. The molecule has 3 nitrogen and oxygen atoms in total. The van der Waals surface area contributed by atoms with E-state index < -0.39 is 9.84 Å². The topological polar surface area (TPSA) is 46.2 Å². The van der Waals surface area contributed by atoms with Crippen LogP contribution in [0.3, 0.4) is 0 Å². The van der Waals surface area contributed by atoms with E-state index in [1.54, 1.807) is 11.8 Å². The fraction of sp³-hybridized carbons (Fsp3) is 0.600. The number of rotatable bonds is 9. The van der Waals surface area contributed by atoms with Crippen molar-refractivity contribution in [3.05, 3.63) is 29.8 Å². The average molecular weight is 316 g/mol. The molecular formula is C15H25NO2S2. The zero-order valence-electron chi connectivity index (χ0n) is 12.6. The van der Waals surface area contributed by atoms with Gasteiger partial charge in [-0.1, -0.05) is 24.6 Å². The van der Waals surface area contributed by atoms with Crippen molar-refractivity contribution >= 4 is 21.6 Å². The van der Waals surface area contributed by atoms with Gasteiger partial charge in [-0.2, -0.15) is 0 Å². The van der Waals surface area contributed by atoms with Gasteiger partial charge in [-0.3, -0.25) is 0 Å². The number of aryl methyl sites for hydroxylation is 1. The summed E-state index contributed by atoms with van der Waals surface area (Å²) in [6.07, 6.45) is 3.04. The lowest BCUT2D eigenvalue weighted by molar-refractivity contribution is 0.532. The van der Waals surface area contributed by atoms with Gasteiger partial charge in [0.25, 0.3) is 0 Å². The molecule has 0 bridgehead atoms. The minimum atomic E-state index is -2.88. The molecule has 5 heteroatoms. The summed E-state index contributed by atoms with van der Waals surface area (Å²) < 4.78 is 22.6. The van der Waals surface area contributed by atoms with Crippen LogP contribution in [-0.2, 0) is 9.84 Å². The zero-order valence-corrected chi connectivity index (χ0v) is 14.2. The van der Waals surface area contributed by atoms with Crippen molar-refractivity contribution in [3.8, 4) is 0 Å². The van der Waals surface area contributed by atoms with E-state index >= 15 is 0 Å². The first-order chi connectivity index (χ1) is 9.40. The maximum absolute atomic E-state index is 11.3. The second-order valence-corrected chi connectivity index (χ2v) is 8.55. The van der Waals surface area contributed by atoms with Gasteiger partial charge in [0, 0.05) is 22.9 Å². The number of nitrogens with one attached hydrogen (secondary N) is 1. The Morgan fingerprint density at radius 2 is 2.10 bits per heavy atom. The molecule has 1 aromatic carbocycles. The Balaban J connectivity index is 2.51. The lowest BCUT2D eigenvalue weighted by atomic mass is 10.2. The van der Waals surface area contributed by atoms with E-state index in [1.165, 1.54) is 16.7 Å². The molecule has 1 unspecified atom stereocenters. The van der Waals surface area contributed by atoms with Crippen LogP contribution in [0.25, 0.3) is 0 Å². The summed E-state index contributed by atoms with van der Waals surface area (Å²) in [7, 11) is -2.88. The number of sulfone groups is 1. The normalized spacial score (nSPS) is 13.3. The third-order valence-corrected chi connectivity index (χ3v) is 5.09. The minimum absolute atomic E-state index is 0.246. The van der Waals surface area contributed by atoms with Crippen molar-refractivity contribution < 1.29 is 8.42 Å². The van der Waals surface area contributed by atoms with Crippen LogP contribution >= 0.6 is 11.8 Å². The van der Waals surface area contributed by atoms with Crippen molar-refractivity contribution in [2.24, 2.45) is 0 Å². The number of hydrogen-bond donors (Lipinski definition) is 1. The van der Waals surface area contributed by atoms with Gasteiger partial charge in [0.2, 0.25) is 0 Å². The van der Waals surface area contributed by atoms with Gasteiger partial charge in [-0.15, -0.1) is 11.8 Å². The Morgan fingerprint density at radius 1 is 1.35 bits per heavy atom. The molecule has 1 aromatic rings. The summed E-state index contributed by atoms with van der Waals surface area (Å²) in [4.78, 5) is 1.24. The van der Waals surface area contributed by atoms with Crippen LogP contribution in [0.2, 0.25) is 0 Å². The highest BCUT2D eigenvalue weighted by atomic mass is 32.2. The highest BCUT2D eigenvalue weighted by Crippen LogP contribution is 2.20. The van der Waals surface area contributed by atoms with Gasteiger partial charge in [-0.05, 0) is 38.4 Å². The molecule has 0 amide bonds. The Morgan fingerprint density at radius 3 is 2.70 bits per heavy atom. The SMILES string of the molecule is CCCNC(CCS(C)(=O)=O)CSc1cccc(C)c1. The minimum Gasteiger partial charge on any atom is -0.313 e. The smallest absolute Gasteiger partial charge is 0.147 e. The first kappa shape index (κ1) is 17.5. The van der Waals surface area contributed by atoms with Gasteiger partial charge in [0.05, 0.1) is 5.75 Å². The molecule has 0 saturated carbocycles. The summed E-state index contributed by atoms with van der Waals surface area (Å²) in [5.41, 5.74) is 1.25. The molecule has 0 heterocycles. The van der Waals surface area contributed by atoms with Gasteiger partial charge < -0.3 is 5.32 Å². The molecule has 0 aliphatic carbocycles. The predicted octanol–water partition coefficient (Wildman–Crippen LogP) is 2.89. The summed E-state index contributed by atoms with van der Waals surface area (Å²) >= 11 is 1.79. The van der Waals surface area contributed by atoms with Crippen molar-refractivity contribution in [1.29, 1.82) is 0 Å². The molecule has 0 saturated heterocycles. The molecule has 0 aliphatic rings. The van der Waals surface area contributed by atoms with Crippen LogP contribution in [0, 0.1) is 6.92 Å². The van der Waals surface area contributed by atoms with E-state index in [0.29, 0.717) is 6.42 Å². The van der Waals surface area contributed by atoms with Crippen LogP contribution < -0.4 is 5.32 Å². The molecule has 1 N–H and O–H groups in total. The second kappa shape index (κ2) is 8.70. The van der Waals surface area contributed by atoms with E-state index in [-0.39, 0.29) is 11.8 Å². The van der Waals surface area contributed by atoms with Crippen molar-refractivity contribution in [2.75, 3.05) is 24.3 Å². The molecule has 0 aromatic heterocycles. The number of benzene rings is 1. The van der Waals surface area contributed by atoms with Gasteiger partial charge in [-0.25, -0.2) is 8.42 Å². The maximum Gasteiger partial charge on any atom is 0.147 e. The highest BCUT2D eigenvalue weighted by molar-refractivity contribution is 7.99. The molecule has 1 atom stereocenters. The molecule has 0 aliphatic heterocycles. The second-order valence-electron chi connectivity index (χ2n) is 5.20.